The van der Waals surface area contributed by atoms with Crippen molar-refractivity contribution in [1.82, 2.24) is 9.88 Å². The average Bonchev–Trinajstić information content (AvgIpc) is 3.16. The van der Waals surface area contributed by atoms with E-state index in [-0.39, 0.29) is 17.8 Å². The summed E-state index contributed by atoms with van der Waals surface area (Å²) in [5.74, 6) is -0.208. The SMILES string of the molecule is COc1ccc(-c2ccc3[nH]c4ccc(C(=O)N5CCC(O)CC5)cc4c3c2)cc1F. The first-order valence-electron chi connectivity index (χ1n) is 10.4. The van der Waals surface area contributed by atoms with Gasteiger partial charge in [0.2, 0.25) is 0 Å². The molecule has 0 aliphatic carbocycles. The molecule has 0 radical (unpaired) electrons. The standard InChI is InChI=1S/C25H23FN2O3/c1-31-24-7-4-16(14-21(24)26)15-2-5-22-19(12-15)20-13-17(3-6-23(20)27-22)25(30)28-10-8-18(29)9-11-28/h2-7,12-14,18,27,29H,8-11H2,1H3. The Kier molecular flexibility index (Phi) is 4.87. The van der Waals surface area contributed by atoms with E-state index in [9.17, 15) is 14.3 Å². The van der Waals surface area contributed by atoms with Crippen molar-refractivity contribution in [1.29, 1.82) is 0 Å². The van der Waals surface area contributed by atoms with Crippen molar-refractivity contribution in [2.45, 2.75) is 18.9 Å². The van der Waals surface area contributed by atoms with E-state index >= 15 is 0 Å². The molecule has 0 bridgehead atoms. The van der Waals surface area contributed by atoms with Crippen molar-refractivity contribution in [2.24, 2.45) is 0 Å². The molecule has 1 fully saturated rings. The molecule has 0 unspecified atom stereocenters. The number of aliphatic hydroxyl groups excluding tert-OH is 1. The number of H-pyrrole nitrogens is 1. The fraction of sp³-hybridized carbons (Fsp3) is 0.240. The zero-order valence-electron chi connectivity index (χ0n) is 17.2. The number of hydrogen-bond acceptors (Lipinski definition) is 3. The summed E-state index contributed by atoms with van der Waals surface area (Å²) in [7, 11) is 1.45. The molecule has 1 aliphatic heterocycles. The van der Waals surface area contributed by atoms with E-state index in [0.29, 0.717) is 31.5 Å². The topological polar surface area (TPSA) is 65.6 Å². The van der Waals surface area contributed by atoms with Gasteiger partial charge in [-0.05, 0) is 66.4 Å². The number of nitrogens with one attached hydrogen (secondary N) is 1. The number of benzene rings is 3. The van der Waals surface area contributed by atoms with Gasteiger partial charge in [0.05, 0.1) is 13.2 Å². The predicted octanol–water partition coefficient (Wildman–Crippen LogP) is 4.73. The molecule has 2 N–H and O–H groups in total. The number of fused-ring (bicyclic) bond motifs is 3. The number of aromatic amines is 1. The quantitative estimate of drug-likeness (QED) is 0.505. The second-order valence-electron chi connectivity index (χ2n) is 8.02. The number of rotatable bonds is 3. The molecule has 158 valence electrons. The molecule has 3 aromatic carbocycles. The van der Waals surface area contributed by atoms with Gasteiger partial charge in [0.15, 0.2) is 11.6 Å². The Morgan fingerprint density at radius 3 is 2.35 bits per heavy atom. The second-order valence-corrected chi connectivity index (χ2v) is 8.02. The van der Waals surface area contributed by atoms with Crippen LogP contribution in [-0.2, 0) is 0 Å². The van der Waals surface area contributed by atoms with Gasteiger partial charge in [-0.3, -0.25) is 4.79 Å². The zero-order chi connectivity index (χ0) is 21.5. The zero-order valence-corrected chi connectivity index (χ0v) is 17.2. The molecular formula is C25H23FN2O3. The van der Waals surface area contributed by atoms with Gasteiger partial charge in [-0.15, -0.1) is 0 Å². The van der Waals surface area contributed by atoms with E-state index in [2.05, 4.69) is 4.98 Å². The molecule has 5 nitrogen and oxygen atoms in total. The third kappa shape index (κ3) is 3.53. The van der Waals surface area contributed by atoms with Crippen LogP contribution in [0.1, 0.15) is 23.2 Å². The van der Waals surface area contributed by atoms with Crippen LogP contribution < -0.4 is 4.74 Å². The molecule has 0 atom stereocenters. The Bertz CT molecular complexity index is 1290. The summed E-state index contributed by atoms with van der Waals surface area (Å²) in [6.07, 6.45) is 0.910. The highest BCUT2D eigenvalue weighted by Crippen LogP contribution is 2.32. The summed E-state index contributed by atoms with van der Waals surface area (Å²) < 4.78 is 19.2. The van der Waals surface area contributed by atoms with Gasteiger partial charge in [-0.2, -0.15) is 0 Å². The highest BCUT2D eigenvalue weighted by Gasteiger charge is 2.22. The molecule has 0 saturated carbocycles. The molecule has 6 heteroatoms. The lowest BCUT2D eigenvalue weighted by atomic mass is 10.0. The van der Waals surface area contributed by atoms with Gasteiger partial charge >= 0.3 is 0 Å². The van der Waals surface area contributed by atoms with E-state index in [4.69, 9.17) is 4.74 Å². The number of carbonyl (C=O) groups excluding carboxylic acids is 1. The number of hydrogen-bond donors (Lipinski definition) is 2. The van der Waals surface area contributed by atoms with Crippen LogP contribution in [-0.4, -0.2) is 47.2 Å². The van der Waals surface area contributed by atoms with Crippen LogP contribution in [0.5, 0.6) is 5.75 Å². The Morgan fingerprint density at radius 1 is 1.00 bits per heavy atom. The summed E-state index contributed by atoms with van der Waals surface area (Å²) in [5.41, 5.74) is 4.17. The van der Waals surface area contributed by atoms with Crippen molar-refractivity contribution in [3.63, 3.8) is 0 Å². The molecule has 5 rings (SSSR count). The minimum atomic E-state index is -0.404. The average molecular weight is 418 g/mol. The molecule has 1 saturated heterocycles. The van der Waals surface area contributed by atoms with E-state index in [1.54, 1.807) is 11.0 Å². The Hall–Kier alpha value is -3.38. The largest absolute Gasteiger partial charge is 0.494 e. The summed E-state index contributed by atoms with van der Waals surface area (Å²) in [5, 5.41) is 11.6. The maximum Gasteiger partial charge on any atom is 0.253 e. The maximum absolute atomic E-state index is 14.2. The Labute approximate surface area is 179 Å². The van der Waals surface area contributed by atoms with E-state index in [1.807, 2.05) is 42.5 Å². The summed E-state index contributed by atoms with van der Waals surface area (Å²) in [4.78, 5) is 18.2. The normalized spacial score (nSPS) is 15.0. The smallest absolute Gasteiger partial charge is 0.253 e. The van der Waals surface area contributed by atoms with Crippen molar-refractivity contribution < 1.29 is 19.0 Å². The van der Waals surface area contributed by atoms with Crippen LogP contribution in [0.15, 0.2) is 54.6 Å². The van der Waals surface area contributed by atoms with Gasteiger partial charge in [0.25, 0.3) is 5.91 Å². The lowest BCUT2D eigenvalue weighted by molar-refractivity contribution is 0.0546. The molecule has 4 aromatic rings. The lowest BCUT2D eigenvalue weighted by Crippen LogP contribution is -2.40. The van der Waals surface area contributed by atoms with Gasteiger partial charge in [-0.25, -0.2) is 4.39 Å². The fourth-order valence-corrected chi connectivity index (χ4v) is 4.31. The summed E-state index contributed by atoms with van der Waals surface area (Å²) in [6.45, 7) is 1.14. The van der Waals surface area contributed by atoms with Crippen LogP contribution in [0, 0.1) is 5.82 Å². The number of ether oxygens (including phenoxy) is 1. The maximum atomic E-state index is 14.2. The number of aromatic nitrogens is 1. The Balaban J connectivity index is 1.54. The number of halogens is 1. The van der Waals surface area contributed by atoms with Crippen LogP contribution in [0.2, 0.25) is 0 Å². The van der Waals surface area contributed by atoms with Crippen molar-refractivity contribution >= 4 is 27.7 Å². The molecule has 1 aromatic heterocycles. The van der Waals surface area contributed by atoms with Crippen LogP contribution in [0.4, 0.5) is 4.39 Å². The minimum absolute atomic E-state index is 0.0171. The number of aliphatic hydroxyl groups is 1. The lowest BCUT2D eigenvalue weighted by Gasteiger charge is -2.29. The van der Waals surface area contributed by atoms with E-state index in [1.165, 1.54) is 13.2 Å². The minimum Gasteiger partial charge on any atom is -0.494 e. The predicted molar refractivity (Wildman–Crippen MR) is 119 cm³/mol. The summed E-state index contributed by atoms with van der Waals surface area (Å²) >= 11 is 0. The fourth-order valence-electron chi connectivity index (χ4n) is 4.31. The van der Waals surface area contributed by atoms with Crippen molar-refractivity contribution in [3.05, 3.63) is 66.0 Å². The number of methoxy groups -OCH3 is 1. The van der Waals surface area contributed by atoms with Crippen molar-refractivity contribution in [3.8, 4) is 16.9 Å². The summed E-state index contributed by atoms with van der Waals surface area (Å²) in [6, 6.07) is 16.5. The second kappa shape index (κ2) is 7.71. The number of nitrogens with zero attached hydrogens (tertiary/aromatic N) is 1. The van der Waals surface area contributed by atoms with E-state index in [0.717, 1.165) is 32.9 Å². The van der Waals surface area contributed by atoms with Crippen LogP contribution in [0.3, 0.4) is 0 Å². The van der Waals surface area contributed by atoms with Gasteiger partial charge in [-0.1, -0.05) is 12.1 Å². The first-order chi connectivity index (χ1) is 15.0. The number of likely N-dealkylation sites (tertiary alicyclic amines) is 1. The molecule has 1 amide bonds. The number of amides is 1. The molecule has 1 aliphatic rings. The highest BCUT2D eigenvalue weighted by atomic mass is 19.1. The molecule has 31 heavy (non-hydrogen) atoms. The van der Waals surface area contributed by atoms with Crippen LogP contribution >= 0.6 is 0 Å². The molecule has 0 spiro atoms. The number of carbonyl (C=O) groups is 1. The van der Waals surface area contributed by atoms with Crippen LogP contribution in [0.25, 0.3) is 32.9 Å². The number of piperidine rings is 1. The first-order valence-corrected chi connectivity index (χ1v) is 10.4. The molecular weight excluding hydrogens is 395 g/mol. The van der Waals surface area contributed by atoms with Gasteiger partial charge in [0, 0.05) is 40.5 Å². The van der Waals surface area contributed by atoms with Gasteiger partial charge < -0.3 is 19.7 Å². The highest BCUT2D eigenvalue weighted by molar-refractivity contribution is 6.11. The third-order valence-electron chi connectivity index (χ3n) is 6.08. The van der Waals surface area contributed by atoms with E-state index < -0.39 is 5.82 Å². The Morgan fingerprint density at radius 2 is 1.65 bits per heavy atom. The first kappa shape index (κ1) is 19.6. The third-order valence-corrected chi connectivity index (χ3v) is 6.08. The van der Waals surface area contributed by atoms with Gasteiger partial charge in [0.1, 0.15) is 0 Å². The monoisotopic (exact) mass is 418 g/mol. The molecule has 2 heterocycles. The van der Waals surface area contributed by atoms with Crippen molar-refractivity contribution in [2.75, 3.05) is 20.2 Å².